The second kappa shape index (κ2) is 5.54. The highest BCUT2D eigenvalue weighted by Gasteiger charge is 2.12. The Kier molecular flexibility index (Phi) is 3.82. The number of hydrogen-bond donors (Lipinski definition) is 1. The van der Waals surface area contributed by atoms with E-state index in [0.29, 0.717) is 6.61 Å². The largest absolute Gasteiger partial charge is 0.480 e. The number of aryl methyl sites for hydroxylation is 1. The first-order valence-electron chi connectivity index (χ1n) is 5.44. The van der Waals surface area contributed by atoms with Gasteiger partial charge in [-0.2, -0.15) is 0 Å². The number of ether oxygens (including phenoxy) is 3. The summed E-state index contributed by atoms with van der Waals surface area (Å²) in [7, 11) is 0. The van der Waals surface area contributed by atoms with Crippen LogP contribution in [-0.4, -0.2) is 31.1 Å². The Bertz CT molecular complexity index is 402. The first kappa shape index (κ1) is 11.7. The molecule has 92 valence electrons. The third-order valence-corrected chi connectivity index (χ3v) is 2.42. The van der Waals surface area contributed by atoms with Gasteiger partial charge in [-0.1, -0.05) is 6.07 Å². The van der Waals surface area contributed by atoms with E-state index >= 15 is 0 Å². The Morgan fingerprint density at radius 1 is 1.35 bits per heavy atom. The quantitative estimate of drug-likeness (QED) is 0.760. The molecule has 1 aromatic rings. The smallest absolute Gasteiger partial charge is 0.329 e. The lowest BCUT2D eigenvalue weighted by molar-refractivity contribution is -0.142. The van der Waals surface area contributed by atoms with Crippen LogP contribution >= 0.6 is 0 Å². The summed E-state index contributed by atoms with van der Waals surface area (Å²) < 4.78 is 15.4. The minimum Gasteiger partial charge on any atom is -0.480 e. The van der Waals surface area contributed by atoms with Crippen molar-refractivity contribution in [2.45, 2.75) is 12.8 Å². The van der Waals surface area contributed by atoms with Crippen molar-refractivity contribution in [1.82, 2.24) is 0 Å². The predicted molar refractivity (Wildman–Crippen MR) is 59.3 cm³/mol. The molecule has 0 radical (unpaired) electrons. The van der Waals surface area contributed by atoms with Gasteiger partial charge in [0.2, 0.25) is 6.79 Å². The third-order valence-electron chi connectivity index (χ3n) is 2.42. The molecule has 0 fully saturated rings. The molecule has 0 saturated heterocycles. The molecule has 0 aromatic heterocycles. The zero-order chi connectivity index (χ0) is 12.1. The van der Waals surface area contributed by atoms with Crippen molar-refractivity contribution in [3.05, 3.63) is 23.8 Å². The average molecular weight is 238 g/mol. The summed E-state index contributed by atoms with van der Waals surface area (Å²) >= 11 is 0. The van der Waals surface area contributed by atoms with E-state index in [2.05, 4.69) is 0 Å². The molecule has 0 amide bonds. The fraction of sp³-hybridized carbons (Fsp3) is 0.417. The normalized spacial score (nSPS) is 12.7. The topological polar surface area (TPSA) is 65.0 Å². The Hall–Kier alpha value is -1.75. The maximum atomic E-state index is 10.2. The molecule has 1 aliphatic rings. The molecule has 0 saturated carbocycles. The van der Waals surface area contributed by atoms with Crippen LogP contribution in [0.15, 0.2) is 18.2 Å². The van der Waals surface area contributed by atoms with Crippen LogP contribution in [0.2, 0.25) is 0 Å². The fourth-order valence-corrected chi connectivity index (χ4v) is 1.63. The van der Waals surface area contributed by atoms with Gasteiger partial charge in [0, 0.05) is 6.61 Å². The van der Waals surface area contributed by atoms with Gasteiger partial charge in [-0.05, 0) is 30.5 Å². The standard InChI is InChI=1S/C12H14O5/c13-12(14)7-15-5-1-2-9-3-4-10-11(6-9)17-8-16-10/h3-4,6H,1-2,5,7-8H2,(H,13,14). The average Bonchev–Trinajstić information content (AvgIpc) is 2.75. The molecule has 2 rings (SSSR count). The van der Waals surface area contributed by atoms with Crippen LogP contribution in [0, 0.1) is 0 Å². The zero-order valence-electron chi connectivity index (χ0n) is 9.35. The van der Waals surface area contributed by atoms with Crippen LogP contribution in [0.3, 0.4) is 0 Å². The van der Waals surface area contributed by atoms with Crippen molar-refractivity contribution in [1.29, 1.82) is 0 Å². The molecule has 0 atom stereocenters. The summed E-state index contributed by atoms with van der Waals surface area (Å²) in [5, 5.41) is 8.38. The molecule has 17 heavy (non-hydrogen) atoms. The van der Waals surface area contributed by atoms with Gasteiger partial charge in [-0.15, -0.1) is 0 Å². The maximum Gasteiger partial charge on any atom is 0.329 e. The van der Waals surface area contributed by atoms with Crippen LogP contribution in [0.5, 0.6) is 11.5 Å². The van der Waals surface area contributed by atoms with E-state index in [1.54, 1.807) is 0 Å². The zero-order valence-corrected chi connectivity index (χ0v) is 9.35. The molecule has 1 heterocycles. The second-order valence-electron chi connectivity index (χ2n) is 3.74. The van der Waals surface area contributed by atoms with Crippen molar-refractivity contribution in [3.8, 4) is 11.5 Å². The lowest BCUT2D eigenvalue weighted by Gasteiger charge is -2.03. The maximum absolute atomic E-state index is 10.2. The van der Waals surface area contributed by atoms with E-state index in [1.807, 2.05) is 18.2 Å². The van der Waals surface area contributed by atoms with Crippen molar-refractivity contribution in [2.75, 3.05) is 20.0 Å². The van der Waals surface area contributed by atoms with Crippen LogP contribution in [0.25, 0.3) is 0 Å². The van der Waals surface area contributed by atoms with Crippen molar-refractivity contribution in [2.24, 2.45) is 0 Å². The van der Waals surface area contributed by atoms with Crippen LogP contribution in [-0.2, 0) is 16.0 Å². The molecule has 5 nitrogen and oxygen atoms in total. The van der Waals surface area contributed by atoms with Gasteiger partial charge in [0.1, 0.15) is 6.61 Å². The van der Waals surface area contributed by atoms with Gasteiger partial charge in [0.15, 0.2) is 11.5 Å². The van der Waals surface area contributed by atoms with Gasteiger partial charge < -0.3 is 19.3 Å². The minimum absolute atomic E-state index is 0.235. The first-order valence-corrected chi connectivity index (χ1v) is 5.44. The summed E-state index contributed by atoms with van der Waals surface area (Å²) in [4.78, 5) is 10.2. The molecule has 5 heteroatoms. The lowest BCUT2D eigenvalue weighted by atomic mass is 10.1. The molecule has 0 spiro atoms. The molecule has 1 N–H and O–H groups in total. The lowest BCUT2D eigenvalue weighted by Crippen LogP contribution is -2.08. The number of carboxylic acid groups (broad SMARTS) is 1. The van der Waals surface area contributed by atoms with E-state index in [-0.39, 0.29) is 13.4 Å². The Morgan fingerprint density at radius 2 is 2.18 bits per heavy atom. The number of benzene rings is 1. The van der Waals surface area contributed by atoms with Crippen LogP contribution in [0.1, 0.15) is 12.0 Å². The van der Waals surface area contributed by atoms with Crippen LogP contribution < -0.4 is 9.47 Å². The summed E-state index contributed by atoms with van der Waals surface area (Å²) in [6.45, 7) is 0.488. The molecular formula is C12H14O5. The minimum atomic E-state index is -0.937. The van der Waals surface area contributed by atoms with Crippen molar-refractivity contribution in [3.63, 3.8) is 0 Å². The molecule has 0 bridgehead atoms. The summed E-state index contributed by atoms with van der Waals surface area (Å²) in [5.41, 5.74) is 1.13. The summed E-state index contributed by atoms with van der Waals surface area (Å²) in [6, 6.07) is 5.81. The van der Waals surface area contributed by atoms with Gasteiger partial charge in [-0.3, -0.25) is 0 Å². The summed E-state index contributed by atoms with van der Waals surface area (Å²) in [6.07, 6.45) is 1.61. The number of aliphatic carboxylic acids is 1. The SMILES string of the molecule is O=C(O)COCCCc1ccc2c(c1)OCO2. The molecular weight excluding hydrogens is 224 g/mol. The predicted octanol–water partition coefficient (Wildman–Crippen LogP) is 1.45. The summed E-state index contributed by atoms with van der Waals surface area (Å²) in [5.74, 6) is 0.609. The number of fused-ring (bicyclic) bond motifs is 1. The second-order valence-corrected chi connectivity index (χ2v) is 3.74. The molecule has 0 unspecified atom stereocenters. The molecule has 0 aliphatic carbocycles. The van der Waals surface area contributed by atoms with Gasteiger partial charge in [-0.25, -0.2) is 4.79 Å². The fourth-order valence-electron chi connectivity index (χ4n) is 1.63. The third kappa shape index (κ3) is 3.35. The highest BCUT2D eigenvalue weighted by molar-refractivity contribution is 5.67. The molecule has 1 aromatic carbocycles. The van der Waals surface area contributed by atoms with E-state index in [9.17, 15) is 4.79 Å². The Morgan fingerprint density at radius 3 is 3.00 bits per heavy atom. The number of carbonyl (C=O) groups is 1. The Balaban J connectivity index is 1.74. The van der Waals surface area contributed by atoms with Crippen molar-refractivity contribution < 1.29 is 24.1 Å². The number of carboxylic acids is 1. The molecule has 1 aliphatic heterocycles. The van der Waals surface area contributed by atoms with Crippen molar-refractivity contribution >= 4 is 5.97 Å². The number of hydrogen-bond acceptors (Lipinski definition) is 4. The van der Waals surface area contributed by atoms with E-state index in [1.165, 1.54) is 0 Å². The highest BCUT2D eigenvalue weighted by Crippen LogP contribution is 2.32. The van der Waals surface area contributed by atoms with Crippen LogP contribution in [0.4, 0.5) is 0 Å². The Labute approximate surface area is 98.9 Å². The highest BCUT2D eigenvalue weighted by atomic mass is 16.7. The van der Waals surface area contributed by atoms with Gasteiger partial charge >= 0.3 is 5.97 Å². The van der Waals surface area contributed by atoms with E-state index < -0.39 is 5.97 Å². The first-order chi connectivity index (χ1) is 8.25. The van der Waals surface area contributed by atoms with E-state index in [0.717, 1.165) is 29.9 Å². The van der Waals surface area contributed by atoms with Gasteiger partial charge in [0.05, 0.1) is 0 Å². The van der Waals surface area contributed by atoms with E-state index in [4.69, 9.17) is 19.3 Å². The number of rotatable bonds is 6. The van der Waals surface area contributed by atoms with Gasteiger partial charge in [0.25, 0.3) is 0 Å². The monoisotopic (exact) mass is 238 g/mol.